The van der Waals surface area contributed by atoms with E-state index in [-0.39, 0.29) is 13.2 Å². The summed E-state index contributed by atoms with van der Waals surface area (Å²) in [6.07, 6.45) is -3.64. The summed E-state index contributed by atoms with van der Waals surface area (Å²) in [4.78, 5) is 26.8. The van der Waals surface area contributed by atoms with Gasteiger partial charge in [0.1, 0.15) is 18.3 Å². The topological polar surface area (TPSA) is 126 Å². The van der Waals surface area contributed by atoms with Gasteiger partial charge in [0.2, 0.25) is 6.10 Å². The average molecular weight is 386 g/mol. The third-order valence-corrected chi connectivity index (χ3v) is 4.01. The van der Waals surface area contributed by atoms with Gasteiger partial charge in [-0.1, -0.05) is 0 Å². The lowest BCUT2D eigenvalue weighted by atomic mass is 9.99. The minimum absolute atomic E-state index is 0.0509. The molecule has 0 spiro atoms. The van der Waals surface area contributed by atoms with Gasteiger partial charge < -0.3 is 34.0 Å². The molecule has 2 heterocycles. The predicted molar refractivity (Wildman–Crippen MR) is 89.5 cm³/mol. The zero-order valence-corrected chi connectivity index (χ0v) is 16.4. The van der Waals surface area contributed by atoms with E-state index in [1.165, 1.54) is 6.92 Å². The fraction of sp³-hybridized carbons (Fsp3) is 0.824. The molecule has 0 bridgehead atoms. The smallest absolute Gasteiger partial charge is 0.421 e. The Bertz CT molecular complexity index is 641. The Morgan fingerprint density at radius 2 is 1.85 bits per heavy atom. The zero-order valence-electron chi connectivity index (χ0n) is 16.4. The van der Waals surface area contributed by atoms with Crippen molar-refractivity contribution in [3.8, 4) is 0 Å². The van der Waals surface area contributed by atoms with Gasteiger partial charge >= 0.3 is 17.7 Å². The van der Waals surface area contributed by atoms with Crippen LogP contribution in [0.4, 0.5) is 0 Å². The zero-order chi connectivity index (χ0) is 20.4. The molecular weight excluding hydrogens is 360 g/mol. The number of nitrogens with zero attached hydrogens (tertiary/aromatic N) is 2. The highest BCUT2D eigenvalue weighted by molar-refractivity contribution is 6.36. The van der Waals surface area contributed by atoms with Gasteiger partial charge in [-0.2, -0.15) is 4.79 Å². The quantitative estimate of drug-likeness (QED) is 0.284. The SMILES string of the molecule is CCOC(=O)C(=[N+]=[N-])C(OC(C)=O)[C@H]1OC(C)(C)O[C@@H]1[C@H]1COC(C)(C)O1. The highest BCUT2D eigenvalue weighted by atomic mass is 16.8. The fourth-order valence-corrected chi connectivity index (χ4v) is 3.09. The molecule has 0 saturated carbocycles. The molecule has 4 atom stereocenters. The molecule has 2 fully saturated rings. The molecule has 0 radical (unpaired) electrons. The third-order valence-electron chi connectivity index (χ3n) is 4.01. The van der Waals surface area contributed by atoms with Crippen molar-refractivity contribution in [1.82, 2.24) is 0 Å². The largest absolute Gasteiger partial charge is 0.457 e. The van der Waals surface area contributed by atoms with Crippen molar-refractivity contribution in [1.29, 1.82) is 0 Å². The summed E-state index contributed by atoms with van der Waals surface area (Å²) in [6, 6.07) is 0. The van der Waals surface area contributed by atoms with E-state index >= 15 is 0 Å². The van der Waals surface area contributed by atoms with Crippen molar-refractivity contribution < 1.29 is 42.8 Å². The molecule has 0 aromatic rings. The first-order chi connectivity index (χ1) is 12.5. The maximum absolute atomic E-state index is 12.2. The first kappa shape index (κ1) is 21.5. The molecule has 0 aromatic heterocycles. The van der Waals surface area contributed by atoms with Crippen molar-refractivity contribution in [3.63, 3.8) is 0 Å². The summed E-state index contributed by atoms with van der Waals surface area (Å²) in [5.74, 6) is -3.50. The Morgan fingerprint density at radius 3 is 2.33 bits per heavy atom. The van der Waals surface area contributed by atoms with Gasteiger partial charge in [-0.25, -0.2) is 4.79 Å². The number of hydrogen-bond donors (Lipinski definition) is 0. The monoisotopic (exact) mass is 386 g/mol. The Labute approximate surface area is 157 Å². The van der Waals surface area contributed by atoms with Gasteiger partial charge in [0, 0.05) is 6.92 Å². The minimum Gasteiger partial charge on any atom is -0.457 e. The lowest BCUT2D eigenvalue weighted by Gasteiger charge is -2.26. The van der Waals surface area contributed by atoms with Crippen molar-refractivity contribution in [2.75, 3.05) is 13.2 Å². The molecule has 2 aliphatic heterocycles. The Hall–Kier alpha value is -1.84. The number of ether oxygens (including phenoxy) is 6. The van der Waals surface area contributed by atoms with E-state index in [1.54, 1.807) is 34.6 Å². The summed E-state index contributed by atoms with van der Waals surface area (Å²) in [5, 5.41) is 0. The minimum atomic E-state index is -1.36. The van der Waals surface area contributed by atoms with Crippen LogP contribution in [0.15, 0.2) is 0 Å². The van der Waals surface area contributed by atoms with E-state index in [4.69, 9.17) is 28.4 Å². The maximum atomic E-state index is 12.2. The van der Waals surface area contributed by atoms with Gasteiger partial charge in [0.05, 0.1) is 13.2 Å². The molecule has 0 aromatic carbocycles. The molecule has 27 heavy (non-hydrogen) atoms. The Kier molecular flexibility index (Phi) is 6.39. The van der Waals surface area contributed by atoms with E-state index < -0.39 is 53.6 Å². The maximum Gasteiger partial charge on any atom is 0.421 e. The molecule has 2 aliphatic rings. The van der Waals surface area contributed by atoms with Crippen LogP contribution in [-0.4, -0.2) is 71.6 Å². The van der Waals surface area contributed by atoms with E-state index in [9.17, 15) is 15.1 Å². The van der Waals surface area contributed by atoms with Gasteiger partial charge in [-0.3, -0.25) is 4.79 Å². The van der Waals surface area contributed by atoms with Crippen molar-refractivity contribution in [2.45, 2.75) is 77.5 Å². The second-order valence-corrected chi connectivity index (χ2v) is 7.17. The van der Waals surface area contributed by atoms with E-state index in [0.29, 0.717) is 0 Å². The average Bonchev–Trinajstić information content (AvgIpc) is 3.05. The highest BCUT2D eigenvalue weighted by Gasteiger charge is 2.57. The molecule has 10 heteroatoms. The third kappa shape index (κ3) is 5.12. The standard InChI is InChI=1S/C17H26N2O8/c1-7-22-15(21)11(19-18)13(24-9(2)20)14-12(26-17(5,6)27-14)10-8-23-16(3,4)25-10/h10,12-14H,7-8H2,1-6H3/t10-,12-,13?,14+/m1/s1. The molecule has 152 valence electrons. The van der Waals surface area contributed by atoms with Crippen LogP contribution >= 0.6 is 0 Å². The molecule has 10 nitrogen and oxygen atoms in total. The van der Waals surface area contributed by atoms with Crippen molar-refractivity contribution in [2.24, 2.45) is 0 Å². The molecule has 1 unspecified atom stereocenters. The summed E-state index contributed by atoms with van der Waals surface area (Å²) < 4.78 is 33.4. The Balaban J connectivity index is 2.37. The van der Waals surface area contributed by atoms with Crippen LogP contribution in [0.1, 0.15) is 41.5 Å². The van der Waals surface area contributed by atoms with Crippen molar-refractivity contribution >= 4 is 17.7 Å². The molecule has 0 amide bonds. The van der Waals surface area contributed by atoms with Crippen LogP contribution in [0.3, 0.4) is 0 Å². The van der Waals surface area contributed by atoms with Crippen molar-refractivity contribution in [3.05, 3.63) is 5.53 Å². The van der Waals surface area contributed by atoms with E-state index in [2.05, 4.69) is 4.79 Å². The molecule has 0 N–H and O–H groups in total. The van der Waals surface area contributed by atoms with Gasteiger partial charge in [0.25, 0.3) is 0 Å². The first-order valence-electron chi connectivity index (χ1n) is 8.73. The summed E-state index contributed by atoms with van der Waals surface area (Å²) in [6.45, 7) is 9.89. The van der Waals surface area contributed by atoms with Gasteiger partial charge in [-0.15, -0.1) is 0 Å². The fourth-order valence-electron chi connectivity index (χ4n) is 3.09. The second-order valence-electron chi connectivity index (χ2n) is 7.17. The highest BCUT2D eigenvalue weighted by Crippen LogP contribution is 2.37. The lowest BCUT2D eigenvalue weighted by molar-refractivity contribution is -0.176. The lowest BCUT2D eigenvalue weighted by Crippen LogP contribution is -2.51. The summed E-state index contributed by atoms with van der Waals surface area (Å²) in [7, 11) is 0. The van der Waals surface area contributed by atoms with E-state index in [1.807, 2.05) is 0 Å². The van der Waals surface area contributed by atoms with Crippen LogP contribution in [-0.2, 0) is 38.0 Å². The van der Waals surface area contributed by atoms with Crippen LogP contribution in [0, 0.1) is 0 Å². The van der Waals surface area contributed by atoms with E-state index in [0.717, 1.165) is 0 Å². The van der Waals surface area contributed by atoms with Gasteiger partial charge in [-0.05, 0) is 34.6 Å². The van der Waals surface area contributed by atoms with Crippen LogP contribution < -0.4 is 0 Å². The van der Waals surface area contributed by atoms with Crippen LogP contribution in [0.25, 0.3) is 5.53 Å². The number of carbonyl (C=O) groups excluding carboxylic acids is 2. The number of carbonyl (C=O) groups is 2. The second kappa shape index (κ2) is 8.04. The number of rotatable bonds is 6. The summed E-state index contributed by atoms with van der Waals surface area (Å²) >= 11 is 0. The Morgan fingerprint density at radius 1 is 1.19 bits per heavy atom. The molecule has 2 saturated heterocycles. The molecule has 2 rings (SSSR count). The normalized spacial score (nSPS) is 29.6. The predicted octanol–water partition coefficient (Wildman–Crippen LogP) is 0.824. The first-order valence-corrected chi connectivity index (χ1v) is 8.73. The van der Waals surface area contributed by atoms with Crippen LogP contribution in [0.2, 0.25) is 0 Å². The number of esters is 2. The molecular formula is C17H26N2O8. The summed E-state index contributed by atoms with van der Waals surface area (Å²) in [5.41, 5.74) is 8.88. The van der Waals surface area contributed by atoms with Gasteiger partial charge in [0.15, 0.2) is 11.6 Å². The molecule has 0 aliphatic carbocycles. The van der Waals surface area contributed by atoms with Crippen LogP contribution in [0.5, 0.6) is 0 Å². The number of hydrogen-bond acceptors (Lipinski definition) is 8.